The smallest absolute Gasteiger partial charge is 0.123 e. The van der Waals surface area contributed by atoms with Crippen LogP contribution in [-0.4, -0.2) is 6.54 Å². The standard InChI is InChI=1S/C18H20FN/c19-15-9-10-17-14(12-15)8-7-13-4-1-2-5-16(13)18(17)6-3-11-20/h1-2,4-5,9-10,12,18H,3,6-8,11,20H2. The normalized spacial score (nSPS) is 17.2. The molecule has 2 aromatic rings. The summed E-state index contributed by atoms with van der Waals surface area (Å²) in [5.41, 5.74) is 10.9. The molecule has 2 aromatic carbocycles. The van der Waals surface area contributed by atoms with Crippen molar-refractivity contribution in [2.75, 3.05) is 6.54 Å². The van der Waals surface area contributed by atoms with Crippen LogP contribution in [0.5, 0.6) is 0 Å². The van der Waals surface area contributed by atoms with Gasteiger partial charge in [0.15, 0.2) is 0 Å². The molecule has 0 saturated carbocycles. The monoisotopic (exact) mass is 269 g/mol. The van der Waals surface area contributed by atoms with E-state index in [2.05, 4.69) is 24.3 Å². The molecule has 20 heavy (non-hydrogen) atoms. The van der Waals surface area contributed by atoms with E-state index >= 15 is 0 Å². The van der Waals surface area contributed by atoms with E-state index in [-0.39, 0.29) is 5.82 Å². The molecule has 0 heterocycles. The zero-order valence-corrected chi connectivity index (χ0v) is 11.6. The van der Waals surface area contributed by atoms with Crippen molar-refractivity contribution < 1.29 is 4.39 Å². The maximum Gasteiger partial charge on any atom is 0.123 e. The summed E-state index contributed by atoms with van der Waals surface area (Å²) in [6.45, 7) is 0.704. The zero-order valence-electron chi connectivity index (χ0n) is 11.6. The topological polar surface area (TPSA) is 26.0 Å². The number of hydrogen-bond acceptors (Lipinski definition) is 1. The van der Waals surface area contributed by atoms with E-state index in [9.17, 15) is 4.39 Å². The Bertz CT molecular complexity index is 606. The fourth-order valence-electron chi connectivity index (χ4n) is 3.30. The Balaban J connectivity index is 2.09. The Morgan fingerprint density at radius 2 is 1.75 bits per heavy atom. The van der Waals surface area contributed by atoms with Gasteiger partial charge < -0.3 is 5.73 Å². The van der Waals surface area contributed by atoms with E-state index in [1.165, 1.54) is 16.7 Å². The van der Waals surface area contributed by atoms with Gasteiger partial charge in [-0.1, -0.05) is 30.3 Å². The van der Waals surface area contributed by atoms with E-state index in [1.54, 1.807) is 12.1 Å². The minimum Gasteiger partial charge on any atom is -0.330 e. The van der Waals surface area contributed by atoms with E-state index in [4.69, 9.17) is 5.73 Å². The molecule has 1 nitrogen and oxygen atoms in total. The van der Waals surface area contributed by atoms with Crippen molar-refractivity contribution in [3.63, 3.8) is 0 Å². The third kappa shape index (κ3) is 2.48. The van der Waals surface area contributed by atoms with Crippen LogP contribution in [0.2, 0.25) is 0 Å². The highest BCUT2D eigenvalue weighted by Gasteiger charge is 2.23. The van der Waals surface area contributed by atoms with Gasteiger partial charge in [0.2, 0.25) is 0 Å². The predicted molar refractivity (Wildman–Crippen MR) is 80.4 cm³/mol. The van der Waals surface area contributed by atoms with Gasteiger partial charge in [0.05, 0.1) is 0 Å². The minimum absolute atomic E-state index is 0.132. The summed E-state index contributed by atoms with van der Waals surface area (Å²) in [6, 6.07) is 13.9. The van der Waals surface area contributed by atoms with Crippen LogP contribution in [0.4, 0.5) is 4.39 Å². The predicted octanol–water partition coefficient (Wildman–Crippen LogP) is 3.80. The second-order valence-corrected chi connectivity index (χ2v) is 5.53. The first kappa shape index (κ1) is 13.3. The summed E-state index contributed by atoms with van der Waals surface area (Å²) >= 11 is 0. The molecule has 0 amide bonds. The molecule has 0 aromatic heterocycles. The minimum atomic E-state index is -0.132. The van der Waals surface area contributed by atoms with Crippen molar-refractivity contribution in [3.05, 3.63) is 70.5 Å². The number of nitrogens with two attached hydrogens (primary N) is 1. The largest absolute Gasteiger partial charge is 0.330 e. The Kier molecular flexibility index (Phi) is 3.83. The van der Waals surface area contributed by atoms with Crippen LogP contribution in [-0.2, 0) is 12.8 Å². The number of fused-ring (bicyclic) bond motifs is 2. The number of rotatable bonds is 3. The molecule has 0 bridgehead atoms. The van der Waals surface area contributed by atoms with Crippen LogP contribution in [0.15, 0.2) is 42.5 Å². The maximum absolute atomic E-state index is 13.5. The zero-order chi connectivity index (χ0) is 13.9. The van der Waals surface area contributed by atoms with Crippen molar-refractivity contribution in [1.82, 2.24) is 0 Å². The highest BCUT2D eigenvalue weighted by atomic mass is 19.1. The van der Waals surface area contributed by atoms with Gasteiger partial charge in [0.25, 0.3) is 0 Å². The van der Waals surface area contributed by atoms with Gasteiger partial charge in [-0.05, 0) is 66.6 Å². The molecule has 0 fully saturated rings. The lowest BCUT2D eigenvalue weighted by molar-refractivity contribution is 0.620. The van der Waals surface area contributed by atoms with Gasteiger partial charge >= 0.3 is 0 Å². The fraction of sp³-hybridized carbons (Fsp3) is 0.333. The van der Waals surface area contributed by atoms with E-state index in [0.29, 0.717) is 12.5 Å². The molecule has 0 spiro atoms. The second kappa shape index (κ2) is 5.76. The maximum atomic E-state index is 13.5. The molecule has 0 saturated heterocycles. The Morgan fingerprint density at radius 1 is 1.00 bits per heavy atom. The van der Waals surface area contributed by atoms with Gasteiger partial charge in [-0.2, -0.15) is 0 Å². The molecule has 1 atom stereocenters. The van der Waals surface area contributed by atoms with Crippen LogP contribution in [0.1, 0.15) is 41.0 Å². The van der Waals surface area contributed by atoms with Crippen LogP contribution in [0.25, 0.3) is 0 Å². The number of halogens is 1. The molecular formula is C18H20FN. The Labute approximate surface area is 119 Å². The Hall–Kier alpha value is -1.67. The fourth-order valence-corrected chi connectivity index (χ4v) is 3.30. The number of aryl methyl sites for hydroxylation is 2. The van der Waals surface area contributed by atoms with Crippen LogP contribution < -0.4 is 5.73 Å². The van der Waals surface area contributed by atoms with Crippen molar-refractivity contribution in [2.24, 2.45) is 5.73 Å². The summed E-state index contributed by atoms with van der Waals surface area (Å²) in [5.74, 6) is 0.222. The molecule has 1 aliphatic carbocycles. The summed E-state index contributed by atoms with van der Waals surface area (Å²) in [5, 5.41) is 0. The molecule has 2 N–H and O–H groups in total. The highest BCUT2D eigenvalue weighted by molar-refractivity contribution is 5.45. The molecule has 2 heteroatoms. The Morgan fingerprint density at radius 3 is 2.60 bits per heavy atom. The third-order valence-electron chi connectivity index (χ3n) is 4.27. The van der Waals surface area contributed by atoms with Crippen LogP contribution in [0.3, 0.4) is 0 Å². The molecular weight excluding hydrogens is 249 g/mol. The first-order chi connectivity index (χ1) is 9.79. The lowest BCUT2D eigenvalue weighted by Crippen LogP contribution is -2.07. The van der Waals surface area contributed by atoms with Crippen molar-refractivity contribution in [3.8, 4) is 0 Å². The molecule has 0 radical (unpaired) electrons. The molecule has 1 aliphatic rings. The van der Waals surface area contributed by atoms with Crippen molar-refractivity contribution >= 4 is 0 Å². The van der Waals surface area contributed by atoms with Crippen LogP contribution in [0, 0.1) is 5.82 Å². The SMILES string of the molecule is NCCCC1c2ccccc2CCc2cc(F)ccc21. The highest BCUT2D eigenvalue weighted by Crippen LogP contribution is 2.37. The molecule has 3 rings (SSSR count). The lowest BCUT2D eigenvalue weighted by atomic mass is 9.85. The summed E-state index contributed by atoms with van der Waals surface area (Å²) in [4.78, 5) is 0. The molecule has 1 unspecified atom stereocenters. The second-order valence-electron chi connectivity index (χ2n) is 5.53. The van der Waals surface area contributed by atoms with Gasteiger partial charge in [0, 0.05) is 5.92 Å². The van der Waals surface area contributed by atoms with Gasteiger partial charge in [-0.15, -0.1) is 0 Å². The summed E-state index contributed by atoms with van der Waals surface area (Å²) in [6.07, 6.45) is 3.94. The summed E-state index contributed by atoms with van der Waals surface area (Å²) in [7, 11) is 0. The van der Waals surface area contributed by atoms with Crippen LogP contribution >= 0.6 is 0 Å². The van der Waals surface area contributed by atoms with E-state index in [0.717, 1.165) is 31.2 Å². The number of benzene rings is 2. The van der Waals surface area contributed by atoms with E-state index < -0.39 is 0 Å². The quantitative estimate of drug-likeness (QED) is 0.901. The van der Waals surface area contributed by atoms with Gasteiger partial charge in [-0.25, -0.2) is 4.39 Å². The first-order valence-corrected chi connectivity index (χ1v) is 7.36. The van der Waals surface area contributed by atoms with Crippen molar-refractivity contribution in [2.45, 2.75) is 31.6 Å². The first-order valence-electron chi connectivity index (χ1n) is 7.36. The van der Waals surface area contributed by atoms with Crippen molar-refractivity contribution in [1.29, 1.82) is 0 Å². The number of hydrogen-bond donors (Lipinski definition) is 1. The third-order valence-corrected chi connectivity index (χ3v) is 4.27. The average Bonchev–Trinajstić information content (AvgIpc) is 2.62. The lowest BCUT2D eigenvalue weighted by Gasteiger charge is -2.20. The van der Waals surface area contributed by atoms with E-state index in [1.807, 2.05) is 6.07 Å². The van der Waals surface area contributed by atoms with Gasteiger partial charge in [-0.3, -0.25) is 0 Å². The molecule has 104 valence electrons. The average molecular weight is 269 g/mol. The van der Waals surface area contributed by atoms with Gasteiger partial charge in [0.1, 0.15) is 5.82 Å². The summed E-state index contributed by atoms with van der Waals surface area (Å²) < 4.78 is 13.5. The molecule has 0 aliphatic heterocycles.